The molecule has 3 rings (SSSR count). The van der Waals surface area contributed by atoms with Gasteiger partial charge < -0.3 is 10.1 Å². The van der Waals surface area contributed by atoms with Crippen LogP contribution in [0.15, 0.2) is 60.7 Å². The zero-order valence-corrected chi connectivity index (χ0v) is 16.0. The second-order valence-electron chi connectivity index (χ2n) is 6.90. The molecule has 0 fully saturated rings. The second kappa shape index (κ2) is 10.1. The molecule has 0 aliphatic carbocycles. The van der Waals surface area contributed by atoms with E-state index >= 15 is 0 Å². The molecule has 0 amide bonds. The Bertz CT molecular complexity index is 845. The predicted octanol–water partition coefficient (Wildman–Crippen LogP) is 6.23. The monoisotopic (exact) mass is 365 g/mol. The van der Waals surface area contributed by atoms with E-state index in [2.05, 4.69) is 48.6 Å². The summed E-state index contributed by atoms with van der Waals surface area (Å²) in [5.74, 6) is 0.753. The summed E-state index contributed by atoms with van der Waals surface area (Å²) in [6.45, 7) is 4.38. The van der Waals surface area contributed by atoms with Crippen LogP contribution in [0, 0.1) is 5.82 Å². The first-order valence-electron chi connectivity index (χ1n) is 9.86. The molecule has 1 N–H and O–H groups in total. The van der Waals surface area contributed by atoms with E-state index in [9.17, 15) is 4.39 Å². The Balaban J connectivity index is 1.69. The highest BCUT2D eigenvalue weighted by Crippen LogP contribution is 2.28. The maximum atomic E-state index is 13.1. The minimum atomic E-state index is -0.202. The third-order valence-corrected chi connectivity index (χ3v) is 4.80. The molecular weight excluding hydrogens is 337 g/mol. The minimum absolute atomic E-state index is 0.202. The van der Waals surface area contributed by atoms with Crippen LogP contribution in [0.3, 0.4) is 0 Å². The topological polar surface area (TPSA) is 21.3 Å². The molecule has 0 saturated carbocycles. The van der Waals surface area contributed by atoms with Gasteiger partial charge in [-0.05, 0) is 41.0 Å². The van der Waals surface area contributed by atoms with Gasteiger partial charge in [0.1, 0.15) is 11.6 Å². The first-order valence-corrected chi connectivity index (χ1v) is 9.86. The zero-order chi connectivity index (χ0) is 18.9. The molecule has 0 bridgehead atoms. The maximum absolute atomic E-state index is 13.1. The third-order valence-electron chi connectivity index (χ3n) is 4.80. The quantitative estimate of drug-likeness (QED) is 0.430. The van der Waals surface area contributed by atoms with E-state index in [0.717, 1.165) is 24.3 Å². The minimum Gasteiger partial charge on any atom is -0.493 e. The average molecular weight is 365 g/mol. The van der Waals surface area contributed by atoms with Crippen LogP contribution < -0.4 is 10.1 Å². The fraction of sp³-hybridized carbons (Fsp3) is 0.333. The van der Waals surface area contributed by atoms with Gasteiger partial charge in [0.15, 0.2) is 0 Å². The van der Waals surface area contributed by atoms with Crippen LogP contribution in [0.25, 0.3) is 10.8 Å². The number of ether oxygens (including phenoxy) is 1. The Morgan fingerprint density at radius 1 is 0.852 bits per heavy atom. The molecule has 142 valence electrons. The van der Waals surface area contributed by atoms with E-state index in [1.54, 1.807) is 0 Å². The Kier molecular flexibility index (Phi) is 7.23. The van der Waals surface area contributed by atoms with E-state index in [1.807, 2.05) is 12.1 Å². The van der Waals surface area contributed by atoms with Crippen molar-refractivity contribution in [2.75, 3.05) is 6.61 Å². The Morgan fingerprint density at radius 2 is 1.67 bits per heavy atom. The molecule has 0 aliphatic rings. The van der Waals surface area contributed by atoms with Gasteiger partial charge >= 0.3 is 0 Å². The lowest BCUT2D eigenvalue weighted by Gasteiger charge is -2.15. The molecule has 0 heterocycles. The molecule has 3 aromatic rings. The van der Waals surface area contributed by atoms with E-state index in [1.165, 1.54) is 47.7 Å². The molecular formula is C24H28FNO. The summed E-state index contributed by atoms with van der Waals surface area (Å²) in [7, 11) is 0. The molecule has 0 aliphatic heterocycles. The summed E-state index contributed by atoms with van der Waals surface area (Å²) in [5, 5.41) is 5.91. The van der Waals surface area contributed by atoms with Gasteiger partial charge in [-0.15, -0.1) is 0 Å². The number of benzene rings is 3. The first-order chi connectivity index (χ1) is 13.3. The lowest BCUT2D eigenvalue weighted by Crippen LogP contribution is -2.14. The number of unbranched alkanes of at least 4 members (excludes halogenated alkanes) is 3. The summed E-state index contributed by atoms with van der Waals surface area (Å²) in [4.78, 5) is 0. The van der Waals surface area contributed by atoms with Crippen molar-refractivity contribution >= 4 is 10.8 Å². The highest BCUT2D eigenvalue weighted by atomic mass is 19.1. The van der Waals surface area contributed by atoms with Gasteiger partial charge in [0.2, 0.25) is 0 Å². The standard InChI is InChI=1S/C24H28FNO/c1-2-3-4-7-16-27-24-15-12-20-8-5-6-9-22(20)23(24)18-26-17-19-10-13-21(25)14-11-19/h5-6,8-15,26H,2-4,7,16-18H2,1H3. The summed E-state index contributed by atoms with van der Waals surface area (Å²) in [5.41, 5.74) is 2.25. The van der Waals surface area contributed by atoms with E-state index in [0.29, 0.717) is 13.1 Å². The summed E-state index contributed by atoms with van der Waals surface area (Å²) >= 11 is 0. The third kappa shape index (κ3) is 5.54. The highest BCUT2D eigenvalue weighted by Gasteiger charge is 2.09. The number of halogens is 1. The lowest BCUT2D eigenvalue weighted by atomic mass is 10.0. The van der Waals surface area contributed by atoms with Gasteiger partial charge in [0, 0.05) is 18.7 Å². The van der Waals surface area contributed by atoms with Crippen molar-refractivity contribution in [3.63, 3.8) is 0 Å². The molecule has 0 saturated heterocycles. The van der Waals surface area contributed by atoms with Crippen molar-refractivity contribution in [3.8, 4) is 5.75 Å². The predicted molar refractivity (Wildman–Crippen MR) is 111 cm³/mol. The van der Waals surface area contributed by atoms with Crippen LogP contribution in [0.2, 0.25) is 0 Å². The van der Waals surface area contributed by atoms with E-state index < -0.39 is 0 Å². The largest absolute Gasteiger partial charge is 0.493 e. The lowest BCUT2D eigenvalue weighted by molar-refractivity contribution is 0.302. The number of rotatable bonds is 10. The second-order valence-corrected chi connectivity index (χ2v) is 6.90. The maximum Gasteiger partial charge on any atom is 0.124 e. The SMILES string of the molecule is CCCCCCOc1ccc2ccccc2c1CNCc1ccc(F)cc1. The molecule has 3 heteroatoms. The number of hydrogen-bond acceptors (Lipinski definition) is 2. The van der Waals surface area contributed by atoms with Crippen LogP contribution in [0.1, 0.15) is 43.7 Å². The van der Waals surface area contributed by atoms with E-state index in [4.69, 9.17) is 4.74 Å². The average Bonchev–Trinajstić information content (AvgIpc) is 2.70. The van der Waals surface area contributed by atoms with Gasteiger partial charge in [0.25, 0.3) is 0 Å². The van der Waals surface area contributed by atoms with Gasteiger partial charge in [-0.3, -0.25) is 0 Å². The van der Waals surface area contributed by atoms with Crippen molar-refractivity contribution in [2.24, 2.45) is 0 Å². The van der Waals surface area contributed by atoms with Crippen LogP contribution in [-0.4, -0.2) is 6.61 Å². The van der Waals surface area contributed by atoms with Gasteiger partial charge in [-0.25, -0.2) is 4.39 Å². The summed E-state index contributed by atoms with van der Waals surface area (Å²) in [6, 6.07) is 19.2. The molecule has 27 heavy (non-hydrogen) atoms. The zero-order valence-electron chi connectivity index (χ0n) is 16.0. The van der Waals surface area contributed by atoms with Crippen LogP contribution in [0.4, 0.5) is 4.39 Å². The van der Waals surface area contributed by atoms with Gasteiger partial charge in [-0.1, -0.05) is 68.7 Å². The van der Waals surface area contributed by atoms with Crippen LogP contribution in [-0.2, 0) is 13.1 Å². The van der Waals surface area contributed by atoms with Crippen LogP contribution in [0.5, 0.6) is 5.75 Å². The Labute approximate surface area is 161 Å². The normalized spacial score (nSPS) is 11.0. The van der Waals surface area contributed by atoms with Crippen LogP contribution >= 0.6 is 0 Å². The number of fused-ring (bicyclic) bond motifs is 1. The smallest absolute Gasteiger partial charge is 0.124 e. The molecule has 0 atom stereocenters. The summed E-state index contributed by atoms with van der Waals surface area (Å²) in [6.07, 6.45) is 4.78. The van der Waals surface area contributed by atoms with Crippen molar-refractivity contribution in [2.45, 2.75) is 45.7 Å². The first kappa shape index (κ1) is 19.4. The van der Waals surface area contributed by atoms with Gasteiger partial charge in [-0.2, -0.15) is 0 Å². The van der Waals surface area contributed by atoms with Crippen molar-refractivity contribution in [1.82, 2.24) is 5.32 Å². The number of hydrogen-bond donors (Lipinski definition) is 1. The molecule has 3 aromatic carbocycles. The highest BCUT2D eigenvalue weighted by molar-refractivity contribution is 5.87. The molecule has 0 aromatic heterocycles. The Morgan fingerprint density at radius 3 is 2.48 bits per heavy atom. The molecule has 0 radical (unpaired) electrons. The van der Waals surface area contributed by atoms with Crippen molar-refractivity contribution < 1.29 is 9.13 Å². The van der Waals surface area contributed by atoms with Crippen molar-refractivity contribution in [1.29, 1.82) is 0 Å². The molecule has 0 unspecified atom stereocenters. The molecule has 0 spiro atoms. The fourth-order valence-corrected chi connectivity index (χ4v) is 3.28. The van der Waals surface area contributed by atoms with Crippen molar-refractivity contribution in [3.05, 3.63) is 77.6 Å². The summed E-state index contributed by atoms with van der Waals surface area (Å²) < 4.78 is 19.2. The Hall–Kier alpha value is -2.39. The fourth-order valence-electron chi connectivity index (χ4n) is 3.28. The van der Waals surface area contributed by atoms with Gasteiger partial charge in [0.05, 0.1) is 6.61 Å². The van der Waals surface area contributed by atoms with E-state index in [-0.39, 0.29) is 5.82 Å². The number of nitrogens with one attached hydrogen (secondary N) is 1. The molecule has 2 nitrogen and oxygen atoms in total.